The number of methoxy groups -OCH3 is 1. The van der Waals surface area contributed by atoms with Gasteiger partial charge in [-0.05, 0) is 11.5 Å². The van der Waals surface area contributed by atoms with E-state index in [0.717, 1.165) is 5.46 Å². The van der Waals surface area contributed by atoms with E-state index in [2.05, 4.69) is 0 Å². The van der Waals surface area contributed by atoms with Crippen LogP contribution in [0.1, 0.15) is 10.4 Å². The maximum absolute atomic E-state index is 12.4. The lowest BCUT2D eigenvalue weighted by atomic mass is 9.91. The highest BCUT2D eigenvalue weighted by molar-refractivity contribution is 6.38. The number of fused-ring (bicyclic) bond motifs is 1. The minimum Gasteiger partial charge on any atom is -0.465 e. The molecule has 0 unspecified atom stereocenters. The maximum Gasteiger partial charge on any atom is 0.337 e. The van der Waals surface area contributed by atoms with Gasteiger partial charge < -0.3 is 18.8 Å². The molecule has 0 bridgehead atoms. The number of anilines is 1. The van der Waals surface area contributed by atoms with E-state index in [4.69, 9.17) is 13.9 Å². The quantitative estimate of drug-likeness (QED) is 0.559. The molecule has 1 aromatic heterocycles. The summed E-state index contributed by atoms with van der Waals surface area (Å²) in [7, 11) is 3.12. The SMILES string of the molecule is Bc1cc(C(=O)OC)cc2c(=O)cc(N3CCOCC3)oc12. The first-order chi connectivity index (χ1) is 10.6. The van der Waals surface area contributed by atoms with Crippen molar-refractivity contribution in [3.8, 4) is 0 Å². The van der Waals surface area contributed by atoms with Crippen molar-refractivity contribution in [1.82, 2.24) is 0 Å². The highest BCUT2D eigenvalue weighted by Gasteiger charge is 2.17. The monoisotopic (exact) mass is 301 g/mol. The van der Waals surface area contributed by atoms with Gasteiger partial charge in [0.1, 0.15) is 13.4 Å². The lowest BCUT2D eigenvalue weighted by molar-refractivity contribution is 0.0601. The number of hydrogen-bond donors (Lipinski definition) is 0. The van der Waals surface area contributed by atoms with E-state index in [-0.39, 0.29) is 5.43 Å². The average Bonchev–Trinajstić information content (AvgIpc) is 2.55. The molecule has 1 saturated heterocycles. The second kappa shape index (κ2) is 5.85. The predicted molar refractivity (Wildman–Crippen MR) is 85.0 cm³/mol. The molecule has 0 aliphatic carbocycles. The molecule has 0 radical (unpaired) electrons. The molecule has 1 fully saturated rings. The zero-order valence-corrected chi connectivity index (χ0v) is 12.5. The number of rotatable bonds is 2. The third-order valence-electron chi connectivity index (χ3n) is 3.75. The van der Waals surface area contributed by atoms with Gasteiger partial charge in [0.25, 0.3) is 0 Å². The zero-order valence-electron chi connectivity index (χ0n) is 12.5. The normalized spacial score (nSPS) is 15.0. The zero-order chi connectivity index (χ0) is 15.7. The van der Waals surface area contributed by atoms with Gasteiger partial charge in [-0.25, -0.2) is 4.79 Å². The van der Waals surface area contributed by atoms with Crippen molar-refractivity contribution in [3.05, 3.63) is 34.0 Å². The number of nitrogens with zero attached hydrogens (tertiary/aromatic N) is 1. The molecule has 3 rings (SSSR count). The standard InChI is InChI=1S/C15H16BNO5/c1-20-15(19)9-6-10-12(18)8-13(17-2-4-21-5-3-17)22-14(10)11(16)7-9/h6-8H,2-5,16H2,1H3. The van der Waals surface area contributed by atoms with Crippen LogP contribution in [-0.4, -0.2) is 47.2 Å². The van der Waals surface area contributed by atoms with Crippen LogP contribution < -0.4 is 15.8 Å². The van der Waals surface area contributed by atoms with Crippen LogP contribution in [0.4, 0.5) is 5.88 Å². The van der Waals surface area contributed by atoms with Gasteiger partial charge in [0, 0.05) is 19.2 Å². The number of benzene rings is 1. The second-order valence-electron chi connectivity index (χ2n) is 5.21. The van der Waals surface area contributed by atoms with Crippen molar-refractivity contribution in [2.45, 2.75) is 0 Å². The number of esters is 1. The summed E-state index contributed by atoms with van der Waals surface area (Å²) in [6, 6.07) is 4.65. The molecular formula is C15H16BNO5. The van der Waals surface area contributed by atoms with Crippen molar-refractivity contribution >= 4 is 36.1 Å². The molecule has 2 aromatic rings. The third kappa shape index (κ3) is 2.59. The molecule has 0 saturated carbocycles. The molecule has 6 nitrogen and oxygen atoms in total. The van der Waals surface area contributed by atoms with E-state index >= 15 is 0 Å². The van der Waals surface area contributed by atoms with Gasteiger partial charge in [-0.2, -0.15) is 0 Å². The Morgan fingerprint density at radius 1 is 1.27 bits per heavy atom. The first kappa shape index (κ1) is 14.7. The fourth-order valence-electron chi connectivity index (χ4n) is 2.59. The summed E-state index contributed by atoms with van der Waals surface area (Å²) < 4.78 is 15.9. The number of carbonyl (C=O) groups is 1. The maximum atomic E-state index is 12.4. The summed E-state index contributed by atoms with van der Waals surface area (Å²) in [5.41, 5.74) is 1.40. The Bertz CT molecular complexity index is 779. The first-order valence-corrected chi connectivity index (χ1v) is 7.09. The molecule has 0 atom stereocenters. The Kier molecular flexibility index (Phi) is 3.89. The highest BCUT2D eigenvalue weighted by Crippen LogP contribution is 2.20. The van der Waals surface area contributed by atoms with Crippen molar-refractivity contribution < 1.29 is 18.7 Å². The number of hydrogen-bond acceptors (Lipinski definition) is 6. The van der Waals surface area contributed by atoms with Crippen LogP contribution in [0.3, 0.4) is 0 Å². The Morgan fingerprint density at radius 2 is 2.00 bits per heavy atom. The van der Waals surface area contributed by atoms with Crippen molar-refractivity contribution in [2.75, 3.05) is 38.3 Å². The van der Waals surface area contributed by atoms with Crippen LogP contribution >= 0.6 is 0 Å². The summed E-state index contributed by atoms with van der Waals surface area (Å²) in [5, 5.41) is 0.386. The molecule has 1 aliphatic rings. The van der Waals surface area contributed by atoms with Gasteiger partial charge in [-0.3, -0.25) is 4.79 Å². The molecular weight excluding hydrogens is 285 g/mol. The Hall–Kier alpha value is -2.28. The van der Waals surface area contributed by atoms with E-state index in [1.54, 1.807) is 13.9 Å². The van der Waals surface area contributed by atoms with Crippen LogP contribution in [0, 0.1) is 0 Å². The smallest absolute Gasteiger partial charge is 0.337 e. The summed E-state index contributed by atoms with van der Waals surface area (Å²) in [5.74, 6) is 0.0661. The molecule has 7 heteroatoms. The minimum atomic E-state index is -0.471. The molecule has 0 spiro atoms. The van der Waals surface area contributed by atoms with E-state index in [1.165, 1.54) is 19.2 Å². The topological polar surface area (TPSA) is 69.0 Å². The molecule has 1 aliphatic heterocycles. The lowest BCUT2D eigenvalue weighted by Crippen LogP contribution is -2.36. The van der Waals surface area contributed by atoms with E-state index in [9.17, 15) is 9.59 Å². The van der Waals surface area contributed by atoms with E-state index < -0.39 is 5.97 Å². The highest BCUT2D eigenvalue weighted by atomic mass is 16.5. The van der Waals surface area contributed by atoms with Crippen molar-refractivity contribution in [1.29, 1.82) is 0 Å². The number of morpholine rings is 1. The fourth-order valence-corrected chi connectivity index (χ4v) is 2.59. The molecule has 2 heterocycles. The van der Waals surface area contributed by atoms with E-state index in [0.29, 0.717) is 48.7 Å². The van der Waals surface area contributed by atoms with Crippen LogP contribution in [0.5, 0.6) is 0 Å². The van der Waals surface area contributed by atoms with Crippen LogP contribution in [0.15, 0.2) is 27.4 Å². The van der Waals surface area contributed by atoms with Gasteiger partial charge in [0.15, 0.2) is 11.3 Å². The Morgan fingerprint density at radius 3 is 2.68 bits per heavy atom. The lowest BCUT2D eigenvalue weighted by Gasteiger charge is -2.27. The molecule has 22 heavy (non-hydrogen) atoms. The van der Waals surface area contributed by atoms with Gasteiger partial charge in [-0.15, -0.1) is 0 Å². The number of carbonyl (C=O) groups excluding carboxylic acids is 1. The molecule has 0 amide bonds. The van der Waals surface area contributed by atoms with Crippen LogP contribution in [0.2, 0.25) is 0 Å². The van der Waals surface area contributed by atoms with Crippen LogP contribution in [0.25, 0.3) is 11.0 Å². The predicted octanol–water partition coefficient (Wildman–Crippen LogP) is -0.325. The summed E-state index contributed by atoms with van der Waals surface area (Å²) in [6.45, 7) is 2.60. The van der Waals surface area contributed by atoms with E-state index in [1.807, 2.05) is 4.90 Å². The van der Waals surface area contributed by atoms with Gasteiger partial charge in [0.05, 0.1) is 31.3 Å². The Labute approximate surface area is 128 Å². The summed E-state index contributed by atoms with van der Waals surface area (Å²) in [6.07, 6.45) is 0. The average molecular weight is 301 g/mol. The summed E-state index contributed by atoms with van der Waals surface area (Å²) in [4.78, 5) is 26.0. The Balaban J connectivity index is 2.12. The first-order valence-electron chi connectivity index (χ1n) is 7.09. The van der Waals surface area contributed by atoms with Gasteiger partial charge in [-0.1, -0.05) is 6.07 Å². The van der Waals surface area contributed by atoms with Crippen molar-refractivity contribution in [2.24, 2.45) is 0 Å². The second-order valence-corrected chi connectivity index (χ2v) is 5.21. The van der Waals surface area contributed by atoms with Gasteiger partial charge in [0.2, 0.25) is 0 Å². The molecule has 1 aromatic carbocycles. The summed E-state index contributed by atoms with van der Waals surface area (Å²) >= 11 is 0. The third-order valence-corrected chi connectivity index (χ3v) is 3.75. The van der Waals surface area contributed by atoms with Gasteiger partial charge >= 0.3 is 5.97 Å². The molecule has 0 N–H and O–H groups in total. The minimum absolute atomic E-state index is 0.170. The van der Waals surface area contributed by atoms with Crippen molar-refractivity contribution in [3.63, 3.8) is 0 Å². The molecule has 114 valence electrons. The number of ether oxygens (including phenoxy) is 2. The fraction of sp³-hybridized carbons (Fsp3) is 0.333. The van der Waals surface area contributed by atoms with Crippen LogP contribution in [-0.2, 0) is 9.47 Å². The largest absolute Gasteiger partial charge is 0.465 e.